The molecule has 0 spiro atoms. The molecule has 21 heavy (non-hydrogen) atoms. The van der Waals surface area contributed by atoms with Crippen LogP contribution < -0.4 is 4.72 Å². The molecular formula is C14H24N4O2S. The summed E-state index contributed by atoms with van der Waals surface area (Å²) < 4.78 is 25.1. The standard InChI is InChI=1S/C14H24N4O2S/c1-15-21(19,20)12-13-6-8-14(9-7-13)17-16-10-4-5-11-18(2)3/h6-9,15H,4-5,10-12H2,1-3H3. The zero-order chi connectivity index (χ0) is 15.7. The number of azo groups is 1. The summed E-state index contributed by atoms with van der Waals surface area (Å²) in [5.74, 6) is -0.0224. The van der Waals surface area contributed by atoms with Crippen molar-refractivity contribution in [2.75, 3.05) is 34.2 Å². The molecule has 0 aromatic heterocycles. The van der Waals surface area contributed by atoms with Gasteiger partial charge in [0, 0.05) is 0 Å². The summed E-state index contributed by atoms with van der Waals surface area (Å²) in [6.07, 6.45) is 2.12. The van der Waals surface area contributed by atoms with E-state index in [1.165, 1.54) is 7.05 Å². The minimum atomic E-state index is -3.23. The van der Waals surface area contributed by atoms with Crippen molar-refractivity contribution in [1.82, 2.24) is 9.62 Å². The van der Waals surface area contributed by atoms with Crippen LogP contribution in [0.5, 0.6) is 0 Å². The van der Waals surface area contributed by atoms with Gasteiger partial charge in [-0.1, -0.05) is 12.1 Å². The lowest BCUT2D eigenvalue weighted by molar-refractivity contribution is 0.395. The van der Waals surface area contributed by atoms with Gasteiger partial charge in [-0.2, -0.15) is 10.2 Å². The lowest BCUT2D eigenvalue weighted by atomic mass is 10.2. The van der Waals surface area contributed by atoms with Crippen molar-refractivity contribution >= 4 is 15.7 Å². The fraction of sp³-hybridized carbons (Fsp3) is 0.571. The third-order valence-electron chi connectivity index (χ3n) is 2.90. The lowest BCUT2D eigenvalue weighted by Crippen LogP contribution is -2.20. The van der Waals surface area contributed by atoms with Crippen molar-refractivity contribution in [3.8, 4) is 0 Å². The minimum Gasteiger partial charge on any atom is -0.309 e. The summed E-state index contributed by atoms with van der Waals surface area (Å²) in [4.78, 5) is 2.15. The Morgan fingerprint density at radius 3 is 2.38 bits per heavy atom. The second-order valence-corrected chi connectivity index (χ2v) is 7.03. The highest BCUT2D eigenvalue weighted by Crippen LogP contribution is 2.15. The molecule has 0 amide bonds. The van der Waals surface area contributed by atoms with Gasteiger partial charge < -0.3 is 4.90 Å². The first kappa shape index (κ1) is 17.7. The molecule has 0 bridgehead atoms. The Bertz CT molecular complexity index is 539. The quantitative estimate of drug-likeness (QED) is 0.561. The minimum absolute atomic E-state index is 0.0224. The molecule has 0 heterocycles. The van der Waals surface area contributed by atoms with Gasteiger partial charge in [0.05, 0.1) is 18.0 Å². The molecule has 6 nitrogen and oxygen atoms in total. The number of rotatable bonds is 9. The molecule has 1 rings (SSSR count). The molecule has 1 N–H and O–H groups in total. The van der Waals surface area contributed by atoms with Gasteiger partial charge in [0.25, 0.3) is 0 Å². The smallest absolute Gasteiger partial charge is 0.215 e. The summed E-state index contributed by atoms with van der Waals surface area (Å²) in [7, 11) is 2.29. The normalized spacial score (nSPS) is 12.4. The molecule has 0 aliphatic carbocycles. The summed E-state index contributed by atoms with van der Waals surface area (Å²) in [6.45, 7) is 1.77. The van der Waals surface area contributed by atoms with Gasteiger partial charge in [-0.05, 0) is 58.2 Å². The van der Waals surface area contributed by atoms with Crippen molar-refractivity contribution in [2.45, 2.75) is 18.6 Å². The van der Waals surface area contributed by atoms with Gasteiger partial charge in [0.15, 0.2) is 0 Å². The fourth-order valence-corrected chi connectivity index (χ4v) is 2.47. The van der Waals surface area contributed by atoms with E-state index in [2.05, 4.69) is 33.9 Å². The number of nitrogens with one attached hydrogen (secondary N) is 1. The van der Waals surface area contributed by atoms with E-state index in [0.717, 1.165) is 30.6 Å². The van der Waals surface area contributed by atoms with Crippen LogP contribution in [0.4, 0.5) is 5.69 Å². The highest BCUT2D eigenvalue weighted by Gasteiger charge is 2.07. The molecule has 0 fully saturated rings. The van der Waals surface area contributed by atoms with Crippen LogP contribution in [0.3, 0.4) is 0 Å². The zero-order valence-corrected chi connectivity index (χ0v) is 13.7. The van der Waals surface area contributed by atoms with Crippen molar-refractivity contribution in [1.29, 1.82) is 0 Å². The topological polar surface area (TPSA) is 74.1 Å². The first-order chi connectivity index (χ1) is 9.93. The Morgan fingerprint density at radius 2 is 1.81 bits per heavy atom. The molecule has 0 saturated carbocycles. The van der Waals surface area contributed by atoms with Crippen LogP contribution in [0.1, 0.15) is 18.4 Å². The van der Waals surface area contributed by atoms with E-state index in [9.17, 15) is 8.42 Å². The maximum atomic E-state index is 11.4. The Labute approximate surface area is 127 Å². The maximum absolute atomic E-state index is 11.4. The second-order valence-electron chi connectivity index (χ2n) is 5.11. The number of unbranched alkanes of at least 4 members (excludes halogenated alkanes) is 1. The number of benzene rings is 1. The fourth-order valence-electron chi connectivity index (χ4n) is 1.69. The van der Waals surface area contributed by atoms with Crippen LogP contribution in [0.15, 0.2) is 34.5 Å². The number of nitrogens with zero attached hydrogens (tertiary/aromatic N) is 3. The second kappa shape index (κ2) is 8.86. The average molecular weight is 312 g/mol. The summed E-state index contributed by atoms with van der Waals surface area (Å²) in [6, 6.07) is 7.08. The van der Waals surface area contributed by atoms with E-state index in [-0.39, 0.29) is 5.75 Å². The SMILES string of the molecule is CNS(=O)(=O)Cc1ccc(N=NCCCCN(C)C)cc1. The molecule has 0 aliphatic rings. The maximum Gasteiger partial charge on any atom is 0.215 e. The zero-order valence-electron chi connectivity index (χ0n) is 12.9. The summed E-state index contributed by atoms with van der Waals surface area (Å²) in [5, 5.41) is 8.26. The third-order valence-corrected chi connectivity index (χ3v) is 4.24. The van der Waals surface area contributed by atoms with Crippen LogP contribution >= 0.6 is 0 Å². The molecule has 118 valence electrons. The van der Waals surface area contributed by atoms with E-state index in [1.54, 1.807) is 24.3 Å². The van der Waals surface area contributed by atoms with E-state index < -0.39 is 10.0 Å². The summed E-state index contributed by atoms with van der Waals surface area (Å²) >= 11 is 0. The van der Waals surface area contributed by atoms with Gasteiger partial charge in [0.1, 0.15) is 0 Å². The number of hydrogen-bond donors (Lipinski definition) is 1. The molecule has 0 unspecified atom stereocenters. The first-order valence-corrected chi connectivity index (χ1v) is 8.60. The predicted molar refractivity (Wildman–Crippen MR) is 85.3 cm³/mol. The van der Waals surface area contributed by atoms with Crippen LogP contribution in [-0.4, -0.2) is 47.6 Å². The highest BCUT2D eigenvalue weighted by molar-refractivity contribution is 7.88. The number of sulfonamides is 1. The first-order valence-electron chi connectivity index (χ1n) is 6.95. The van der Waals surface area contributed by atoms with Crippen LogP contribution in [0.25, 0.3) is 0 Å². The van der Waals surface area contributed by atoms with E-state index in [4.69, 9.17) is 0 Å². The van der Waals surface area contributed by atoms with Gasteiger partial charge in [-0.3, -0.25) is 0 Å². The van der Waals surface area contributed by atoms with Crippen molar-refractivity contribution in [3.05, 3.63) is 29.8 Å². The molecule has 1 aromatic rings. The third kappa shape index (κ3) is 7.89. The lowest BCUT2D eigenvalue weighted by Gasteiger charge is -2.07. The highest BCUT2D eigenvalue weighted by atomic mass is 32.2. The van der Waals surface area contributed by atoms with E-state index in [0.29, 0.717) is 6.54 Å². The molecule has 0 aliphatic heterocycles. The van der Waals surface area contributed by atoms with Gasteiger partial charge in [-0.15, -0.1) is 0 Å². The molecule has 0 radical (unpaired) electrons. The van der Waals surface area contributed by atoms with Crippen molar-refractivity contribution in [3.63, 3.8) is 0 Å². The Balaban J connectivity index is 2.40. The molecule has 7 heteroatoms. The molecule has 0 atom stereocenters. The monoisotopic (exact) mass is 312 g/mol. The largest absolute Gasteiger partial charge is 0.309 e. The molecule has 0 saturated heterocycles. The molecular weight excluding hydrogens is 288 g/mol. The van der Waals surface area contributed by atoms with E-state index >= 15 is 0 Å². The van der Waals surface area contributed by atoms with Crippen LogP contribution in [0.2, 0.25) is 0 Å². The predicted octanol–water partition coefficient (Wildman–Crippen LogP) is 2.16. The molecule has 1 aromatic carbocycles. The van der Waals surface area contributed by atoms with Crippen LogP contribution in [-0.2, 0) is 15.8 Å². The van der Waals surface area contributed by atoms with Crippen LogP contribution in [0, 0.1) is 0 Å². The Morgan fingerprint density at radius 1 is 1.14 bits per heavy atom. The van der Waals surface area contributed by atoms with Crippen molar-refractivity contribution < 1.29 is 8.42 Å². The van der Waals surface area contributed by atoms with E-state index in [1.807, 2.05) is 0 Å². The average Bonchev–Trinajstić information content (AvgIpc) is 2.44. The van der Waals surface area contributed by atoms with Crippen molar-refractivity contribution in [2.24, 2.45) is 10.2 Å². The summed E-state index contributed by atoms with van der Waals surface area (Å²) in [5.41, 5.74) is 1.47. The van der Waals surface area contributed by atoms with Gasteiger partial charge >= 0.3 is 0 Å². The Hall–Kier alpha value is -1.31. The Kier molecular flexibility index (Phi) is 7.49. The van der Waals surface area contributed by atoms with Gasteiger partial charge in [-0.25, -0.2) is 13.1 Å². The number of hydrogen-bond acceptors (Lipinski definition) is 5. The van der Waals surface area contributed by atoms with Gasteiger partial charge in [0.2, 0.25) is 10.0 Å².